The van der Waals surface area contributed by atoms with E-state index in [2.05, 4.69) is 9.80 Å². The first-order valence-corrected chi connectivity index (χ1v) is 6.30. The summed E-state index contributed by atoms with van der Waals surface area (Å²) in [6.45, 7) is 4.83. The first kappa shape index (κ1) is 11.3. The molecular formula is C11H21BN2O. The van der Waals surface area contributed by atoms with Crippen molar-refractivity contribution in [3.8, 4) is 0 Å². The third-order valence-corrected chi connectivity index (χ3v) is 3.80. The minimum atomic E-state index is 0.632. The predicted molar refractivity (Wildman–Crippen MR) is 61.3 cm³/mol. The Balaban J connectivity index is 1.74. The topological polar surface area (TPSA) is 23.6 Å². The molecule has 0 atom stereocenters. The van der Waals surface area contributed by atoms with Gasteiger partial charge in [0.15, 0.2) is 0 Å². The molecule has 84 valence electrons. The van der Waals surface area contributed by atoms with E-state index in [0.29, 0.717) is 6.44 Å². The molecule has 0 unspecified atom stereocenters. The van der Waals surface area contributed by atoms with Crippen molar-refractivity contribution >= 4 is 7.15 Å². The first-order chi connectivity index (χ1) is 7.40. The van der Waals surface area contributed by atoms with Gasteiger partial charge in [-0.2, -0.15) is 0 Å². The number of likely N-dealkylation sites (tertiary alicyclic amines) is 2. The van der Waals surface area contributed by atoms with Crippen LogP contribution in [0, 0.1) is 0 Å². The zero-order valence-corrected chi connectivity index (χ0v) is 9.53. The normalized spacial score (nSPS) is 26.4. The molecule has 15 heavy (non-hydrogen) atoms. The Kier molecular flexibility index (Phi) is 4.33. The van der Waals surface area contributed by atoms with E-state index < -0.39 is 0 Å². The molecule has 0 bridgehead atoms. The van der Waals surface area contributed by atoms with Crippen LogP contribution < -0.4 is 0 Å². The van der Waals surface area contributed by atoms with Crippen molar-refractivity contribution in [2.75, 3.05) is 32.6 Å². The molecular weight excluding hydrogens is 187 g/mol. The van der Waals surface area contributed by atoms with E-state index in [0.717, 1.165) is 26.3 Å². The number of rotatable bonds is 3. The molecule has 4 heteroatoms. The summed E-state index contributed by atoms with van der Waals surface area (Å²) < 4.78 is 10.4. The van der Waals surface area contributed by atoms with E-state index in [9.17, 15) is 4.70 Å². The van der Waals surface area contributed by atoms with Crippen molar-refractivity contribution in [2.45, 2.75) is 38.1 Å². The van der Waals surface area contributed by atoms with Gasteiger partial charge in [-0.15, -0.1) is 0 Å². The van der Waals surface area contributed by atoms with E-state index >= 15 is 0 Å². The summed E-state index contributed by atoms with van der Waals surface area (Å²) in [4.78, 5) is 4.94. The maximum atomic E-state index is 10.4. The molecule has 0 radical (unpaired) electrons. The molecule has 0 N–H and O–H groups in total. The van der Waals surface area contributed by atoms with E-state index in [1.54, 1.807) is 0 Å². The van der Waals surface area contributed by atoms with Gasteiger partial charge in [-0.25, -0.2) is 0 Å². The molecule has 0 aromatic carbocycles. The number of hydrogen-bond acceptors (Lipinski definition) is 3. The molecule has 2 rings (SSSR count). The summed E-state index contributed by atoms with van der Waals surface area (Å²) in [6, 6.07) is 0.799. The van der Waals surface area contributed by atoms with Crippen LogP contribution >= 0.6 is 0 Å². The van der Waals surface area contributed by atoms with Gasteiger partial charge in [0.1, 0.15) is 0 Å². The monoisotopic (exact) mass is 208 g/mol. The van der Waals surface area contributed by atoms with Gasteiger partial charge in [-0.3, -0.25) is 0 Å². The third-order valence-electron chi connectivity index (χ3n) is 3.80. The van der Waals surface area contributed by atoms with Crippen molar-refractivity contribution in [3.05, 3.63) is 0 Å². The predicted octanol–water partition coefficient (Wildman–Crippen LogP) is 0.944. The van der Waals surface area contributed by atoms with Gasteiger partial charge in [0.05, 0.1) is 0 Å². The number of piperidine rings is 2. The molecule has 0 saturated carbocycles. The average molecular weight is 208 g/mol. The minimum absolute atomic E-state index is 0.632. The van der Waals surface area contributed by atoms with Crippen LogP contribution in [0.1, 0.15) is 32.1 Å². The fourth-order valence-electron chi connectivity index (χ4n) is 2.86. The Bertz CT molecular complexity index is 199. The van der Waals surface area contributed by atoms with Crippen LogP contribution in [0.3, 0.4) is 0 Å². The van der Waals surface area contributed by atoms with Crippen LogP contribution in [0.2, 0.25) is 0 Å². The maximum absolute atomic E-state index is 10.4. The summed E-state index contributed by atoms with van der Waals surface area (Å²) in [5.41, 5.74) is 0. The molecule has 0 aliphatic carbocycles. The molecule has 0 aromatic heterocycles. The van der Waals surface area contributed by atoms with Gasteiger partial charge < -0.3 is 0 Å². The fourth-order valence-corrected chi connectivity index (χ4v) is 2.86. The zero-order valence-electron chi connectivity index (χ0n) is 9.53. The van der Waals surface area contributed by atoms with Gasteiger partial charge in [0.2, 0.25) is 0 Å². The summed E-state index contributed by atoms with van der Waals surface area (Å²) in [7, 11) is 1.03. The fraction of sp³-hybridized carbons (Fsp3) is 1.00. The molecule has 0 amide bonds. The first-order valence-electron chi connectivity index (χ1n) is 6.30. The van der Waals surface area contributed by atoms with Crippen LogP contribution in [-0.4, -0.2) is 55.6 Å². The molecule has 2 fully saturated rings. The van der Waals surface area contributed by atoms with E-state index in [4.69, 9.17) is 0 Å². The van der Waals surface area contributed by atoms with Crippen molar-refractivity contribution in [2.24, 2.45) is 0 Å². The molecule has 0 spiro atoms. The van der Waals surface area contributed by atoms with Crippen molar-refractivity contribution in [1.29, 1.82) is 0 Å². The second-order valence-corrected chi connectivity index (χ2v) is 4.80. The summed E-state index contributed by atoms with van der Waals surface area (Å²) >= 11 is 0. The Morgan fingerprint density at radius 2 is 1.67 bits per heavy atom. The van der Waals surface area contributed by atoms with Crippen LogP contribution in [0.15, 0.2) is 0 Å². The van der Waals surface area contributed by atoms with Crippen LogP contribution in [0.25, 0.3) is 0 Å². The van der Waals surface area contributed by atoms with Crippen molar-refractivity contribution in [3.63, 3.8) is 0 Å². The molecule has 2 aliphatic rings. The Morgan fingerprint density at radius 1 is 1.00 bits per heavy atom. The van der Waals surface area contributed by atoms with E-state index in [-0.39, 0.29) is 0 Å². The summed E-state index contributed by atoms with van der Waals surface area (Å²) in [5.74, 6) is 0. The van der Waals surface area contributed by atoms with Gasteiger partial charge in [-0.1, -0.05) is 0 Å². The second kappa shape index (κ2) is 5.76. The molecule has 2 saturated heterocycles. The quantitative estimate of drug-likeness (QED) is 0.645. The Labute approximate surface area is 93.1 Å². The SMILES string of the molecule is O=BCN1CCC(N2CCCCC2)CC1. The van der Waals surface area contributed by atoms with Crippen molar-refractivity contribution in [1.82, 2.24) is 9.80 Å². The van der Waals surface area contributed by atoms with E-state index in [1.807, 2.05) is 0 Å². The van der Waals surface area contributed by atoms with Gasteiger partial charge in [0.25, 0.3) is 0 Å². The zero-order chi connectivity index (χ0) is 10.5. The number of hydrogen-bond donors (Lipinski definition) is 0. The van der Waals surface area contributed by atoms with Gasteiger partial charge >= 0.3 is 92.4 Å². The second-order valence-electron chi connectivity index (χ2n) is 4.80. The van der Waals surface area contributed by atoms with Gasteiger partial charge in [-0.05, 0) is 0 Å². The Hall–Kier alpha value is -0.215. The summed E-state index contributed by atoms with van der Waals surface area (Å²) in [6.07, 6.45) is 7.33. The van der Waals surface area contributed by atoms with Gasteiger partial charge in [0, 0.05) is 0 Å². The standard InChI is InChI=1S/C11H21BN2O/c15-12-10-13-8-4-11(5-9-13)14-6-2-1-3-7-14/h11H,1-10H2. The molecule has 3 nitrogen and oxygen atoms in total. The Morgan fingerprint density at radius 3 is 2.27 bits per heavy atom. The van der Waals surface area contributed by atoms with E-state index in [1.165, 1.54) is 45.2 Å². The van der Waals surface area contributed by atoms with Crippen LogP contribution in [0.4, 0.5) is 0 Å². The average Bonchev–Trinajstić information content (AvgIpc) is 2.32. The third kappa shape index (κ3) is 3.12. The number of nitrogens with zero attached hydrogens (tertiary/aromatic N) is 2. The van der Waals surface area contributed by atoms with Crippen LogP contribution in [-0.2, 0) is 4.70 Å². The molecule has 2 aliphatic heterocycles. The summed E-state index contributed by atoms with van der Waals surface area (Å²) in [5, 5.41) is 0. The van der Waals surface area contributed by atoms with Crippen molar-refractivity contribution < 1.29 is 4.70 Å². The molecule has 0 aromatic rings. The molecule has 2 heterocycles. The van der Waals surface area contributed by atoms with Crippen LogP contribution in [0.5, 0.6) is 0 Å².